The van der Waals surface area contributed by atoms with Crippen molar-refractivity contribution < 1.29 is 0 Å². The van der Waals surface area contributed by atoms with E-state index < -0.39 is 0 Å². The molecule has 1 aromatic heterocycles. The summed E-state index contributed by atoms with van der Waals surface area (Å²) in [5, 5.41) is 3.47. The molecule has 1 atom stereocenters. The fourth-order valence-corrected chi connectivity index (χ4v) is 3.19. The SMILES string of the molecule is CC(CN)c1nc(C2CCCCC2)cs1. The first-order valence-corrected chi connectivity index (χ1v) is 6.84. The minimum Gasteiger partial charge on any atom is -0.330 e. The van der Waals surface area contributed by atoms with Crippen LogP contribution in [0.25, 0.3) is 0 Å². The molecule has 2 N–H and O–H groups in total. The Bertz CT molecular complexity index is 302. The van der Waals surface area contributed by atoms with E-state index in [1.807, 2.05) is 0 Å². The zero-order valence-electron chi connectivity index (χ0n) is 9.41. The molecule has 15 heavy (non-hydrogen) atoms. The Kier molecular flexibility index (Phi) is 3.76. The molecule has 2 rings (SSSR count). The van der Waals surface area contributed by atoms with Gasteiger partial charge in [-0.25, -0.2) is 4.98 Å². The third-order valence-corrected chi connectivity index (χ3v) is 4.43. The second kappa shape index (κ2) is 5.08. The highest BCUT2D eigenvalue weighted by molar-refractivity contribution is 7.09. The average molecular weight is 224 g/mol. The van der Waals surface area contributed by atoms with Gasteiger partial charge in [0.15, 0.2) is 0 Å². The van der Waals surface area contributed by atoms with Gasteiger partial charge in [0.05, 0.1) is 10.7 Å². The zero-order valence-corrected chi connectivity index (χ0v) is 10.2. The van der Waals surface area contributed by atoms with Crippen LogP contribution in [0.4, 0.5) is 0 Å². The normalized spacial score (nSPS) is 20.4. The van der Waals surface area contributed by atoms with Gasteiger partial charge in [-0.15, -0.1) is 11.3 Å². The molecule has 0 amide bonds. The van der Waals surface area contributed by atoms with E-state index in [-0.39, 0.29) is 0 Å². The minimum atomic E-state index is 0.423. The largest absolute Gasteiger partial charge is 0.330 e. The standard InChI is InChI=1S/C12H20N2S/c1-9(7-13)12-14-11(8-15-12)10-5-3-2-4-6-10/h8-10H,2-7,13H2,1H3. The van der Waals surface area contributed by atoms with Gasteiger partial charge in [-0.1, -0.05) is 26.2 Å². The van der Waals surface area contributed by atoms with Crippen LogP contribution in [-0.4, -0.2) is 11.5 Å². The quantitative estimate of drug-likeness (QED) is 0.856. The van der Waals surface area contributed by atoms with Crippen molar-refractivity contribution >= 4 is 11.3 Å². The minimum absolute atomic E-state index is 0.423. The van der Waals surface area contributed by atoms with Gasteiger partial charge in [-0.05, 0) is 12.8 Å². The topological polar surface area (TPSA) is 38.9 Å². The lowest BCUT2D eigenvalue weighted by Crippen LogP contribution is -2.09. The van der Waals surface area contributed by atoms with Crippen molar-refractivity contribution in [1.29, 1.82) is 0 Å². The van der Waals surface area contributed by atoms with Crippen LogP contribution < -0.4 is 5.73 Å². The Hall–Kier alpha value is -0.410. The lowest BCUT2D eigenvalue weighted by atomic mass is 9.87. The molecular weight excluding hydrogens is 204 g/mol. The van der Waals surface area contributed by atoms with Crippen molar-refractivity contribution in [1.82, 2.24) is 4.98 Å². The summed E-state index contributed by atoms with van der Waals surface area (Å²) in [6.07, 6.45) is 6.83. The molecule has 1 unspecified atom stereocenters. The maximum absolute atomic E-state index is 5.66. The van der Waals surface area contributed by atoms with Crippen molar-refractivity contribution in [3.05, 3.63) is 16.1 Å². The molecule has 1 saturated carbocycles. The zero-order chi connectivity index (χ0) is 10.7. The van der Waals surface area contributed by atoms with Gasteiger partial charge in [0, 0.05) is 23.8 Å². The molecule has 0 bridgehead atoms. The van der Waals surface area contributed by atoms with Crippen LogP contribution in [0, 0.1) is 0 Å². The predicted molar refractivity (Wildman–Crippen MR) is 65.4 cm³/mol. The van der Waals surface area contributed by atoms with E-state index in [9.17, 15) is 0 Å². The molecule has 84 valence electrons. The number of nitrogens with zero attached hydrogens (tertiary/aromatic N) is 1. The van der Waals surface area contributed by atoms with E-state index in [0.29, 0.717) is 12.5 Å². The highest BCUT2D eigenvalue weighted by Gasteiger charge is 2.19. The maximum Gasteiger partial charge on any atom is 0.0969 e. The smallest absolute Gasteiger partial charge is 0.0969 e. The second-order valence-corrected chi connectivity index (χ2v) is 5.47. The average Bonchev–Trinajstić information content (AvgIpc) is 2.78. The Morgan fingerprint density at radius 2 is 2.20 bits per heavy atom. The lowest BCUT2D eigenvalue weighted by molar-refractivity contribution is 0.437. The fourth-order valence-electron chi connectivity index (χ4n) is 2.21. The van der Waals surface area contributed by atoms with Crippen LogP contribution in [0.1, 0.15) is 61.6 Å². The van der Waals surface area contributed by atoms with Crippen molar-refractivity contribution in [2.45, 2.75) is 50.9 Å². The number of aromatic nitrogens is 1. The molecule has 1 aliphatic carbocycles. The van der Waals surface area contributed by atoms with Crippen LogP contribution >= 0.6 is 11.3 Å². The summed E-state index contributed by atoms with van der Waals surface area (Å²) in [5.41, 5.74) is 6.99. The summed E-state index contributed by atoms with van der Waals surface area (Å²) in [6.45, 7) is 2.86. The Balaban J connectivity index is 2.05. The number of thiazole rings is 1. The first kappa shape index (κ1) is 11.1. The van der Waals surface area contributed by atoms with Crippen molar-refractivity contribution in [2.75, 3.05) is 6.54 Å². The van der Waals surface area contributed by atoms with Crippen LogP contribution in [0.5, 0.6) is 0 Å². The third kappa shape index (κ3) is 2.58. The molecule has 1 heterocycles. The van der Waals surface area contributed by atoms with E-state index >= 15 is 0 Å². The van der Waals surface area contributed by atoms with Gasteiger partial charge >= 0.3 is 0 Å². The Labute approximate surface area is 95.9 Å². The van der Waals surface area contributed by atoms with Crippen molar-refractivity contribution in [3.63, 3.8) is 0 Å². The molecule has 1 aromatic rings. The Morgan fingerprint density at radius 1 is 1.47 bits per heavy atom. The van der Waals surface area contributed by atoms with E-state index in [4.69, 9.17) is 10.7 Å². The van der Waals surface area contributed by atoms with E-state index in [1.54, 1.807) is 11.3 Å². The van der Waals surface area contributed by atoms with Crippen LogP contribution in [0.3, 0.4) is 0 Å². The molecule has 2 nitrogen and oxygen atoms in total. The fraction of sp³-hybridized carbons (Fsp3) is 0.750. The van der Waals surface area contributed by atoms with Gasteiger partial charge in [0.25, 0.3) is 0 Å². The molecule has 3 heteroatoms. The van der Waals surface area contributed by atoms with E-state index in [1.165, 1.54) is 42.8 Å². The summed E-state index contributed by atoms with van der Waals surface area (Å²) < 4.78 is 0. The van der Waals surface area contributed by atoms with Gasteiger partial charge in [-0.3, -0.25) is 0 Å². The summed E-state index contributed by atoms with van der Waals surface area (Å²) in [4.78, 5) is 4.74. The molecule has 0 aromatic carbocycles. The van der Waals surface area contributed by atoms with E-state index in [2.05, 4.69) is 12.3 Å². The summed E-state index contributed by atoms with van der Waals surface area (Å²) in [6, 6.07) is 0. The summed E-state index contributed by atoms with van der Waals surface area (Å²) in [5.74, 6) is 1.15. The van der Waals surface area contributed by atoms with Crippen LogP contribution in [0.15, 0.2) is 5.38 Å². The molecule has 0 spiro atoms. The van der Waals surface area contributed by atoms with Gasteiger partial charge in [0.1, 0.15) is 0 Å². The first-order valence-electron chi connectivity index (χ1n) is 5.96. The number of nitrogens with two attached hydrogens (primary N) is 1. The summed E-state index contributed by atoms with van der Waals surface area (Å²) in [7, 11) is 0. The number of hydrogen-bond acceptors (Lipinski definition) is 3. The predicted octanol–water partition coefficient (Wildman–Crippen LogP) is 3.25. The van der Waals surface area contributed by atoms with Crippen molar-refractivity contribution in [2.24, 2.45) is 5.73 Å². The molecule has 0 saturated heterocycles. The maximum atomic E-state index is 5.66. The molecule has 0 radical (unpaired) electrons. The molecular formula is C12H20N2S. The highest BCUT2D eigenvalue weighted by Crippen LogP contribution is 2.34. The van der Waals surface area contributed by atoms with Gasteiger partial charge in [-0.2, -0.15) is 0 Å². The monoisotopic (exact) mass is 224 g/mol. The molecule has 1 fully saturated rings. The number of hydrogen-bond donors (Lipinski definition) is 1. The summed E-state index contributed by atoms with van der Waals surface area (Å²) >= 11 is 1.78. The molecule has 1 aliphatic rings. The van der Waals surface area contributed by atoms with Crippen LogP contribution in [-0.2, 0) is 0 Å². The van der Waals surface area contributed by atoms with E-state index in [0.717, 1.165) is 5.92 Å². The Morgan fingerprint density at radius 3 is 2.87 bits per heavy atom. The number of rotatable bonds is 3. The van der Waals surface area contributed by atoms with Crippen molar-refractivity contribution in [3.8, 4) is 0 Å². The third-order valence-electron chi connectivity index (χ3n) is 3.34. The van der Waals surface area contributed by atoms with Gasteiger partial charge in [0.2, 0.25) is 0 Å². The first-order chi connectivity index (χ1) is 7.31. The van der Waals surface area contributed by atoms with Gasteiger partial charge < -0.3 is 5.73 Å². The lowest BCUT2D eigenvalue weighted by Gasteiger charge is -2.19. The highest BCUT2D eigenvalue weighted by atomic mass is 32.1. The second-order valence-electron chi connectivity index (χ2n) is 4.58. The molecule has 0 aliphatic heterocycles. The van der Waals surface area contributed by atoms with Crippen LogP contribution in [0.2, 0.25) is 0 Å².